The Hall–Kier alpha value is -2.02. The Kier molecular flexibility index (Phi) is 5.40. The van der Waals surface area contributed by atoms with Gasteiger partial charge in [-0.25, -0.2) is 4.98 Å². The van der Waals surface area contributed by atoms with Crippen molar-refractivity contribution in [3.8, 4) is 0 Å². The van der Waals surface area contributed by atoms with Crippen molar-refractivity contribution in [1.82, 2.24) is 15.2 Å². The average Bonchev–Trinajstić information content (AvgIpc) is 3.22. The Morgan fingerprint density at radius 3 is 2.83 bits per heavy atom. The first-order valence-corrected chi connectivity index (χ1v) is 9.34. The number of thiazole rings is 1. The van der Waals surface area contributed by atoms with Crippen LogP contribution in [0.1, 0.15) is 15.9 Å². The summed E-state index contributed by atoms with van der Waals surface area (Å²) in [6.07, 6.45) is 3.33. The van der Waals surface area contributed by atoms with E-state index in [4.69, 9.17) is 0 Å². The van der Waals surface area contributed by atoms with E-state index in [9.17, 15) is 4.79 Å². The van der Waals surface area contributed by atoms with Crippen LogP contribution in [0.3, 0.4) is 0 Å². The van der Waals surface area contributed by atoms with Crippen molar-refractivity contribution in [2.24, 2.45) is 0 Å². The molecule has 2 heterocycles. The summed E-state index contributed by atoms with van der Waals surface area (Å²) < 4.78 is 1.13. The minimum atomic E-state index is -0.0994. The van der Waals surface area contributed by atoms with Gasteiger partial charge in [0.2, 0.25) is 5.91 Å². The number of amides is 1. The molecule has 1 aromatic carbocycles. The molecule has 1 N–H and O–H groups in total. The van der Waals surface area contributed by atoms with Crippen LogP contribution in [0.25, 0.3) is 16.3 Å². The lowest BCUT2D eigenvalue weighted by Gasteiger charge is -2.23. The van der Waals surface area contributed by atoms with E-state index >= 15 is 0 Å². The van der Waals surface area contributed by atoms with Crippen LogP contribution in [0.5, 0.6) is 0 Å². The smallest absolute Gasteiger partial charge is 0.244 e. The van der Waals surface area contributed by atoms with E-state index in [1.165, 1.54) is 4.88 Å². The summed E-state index contributed by atoms with van der Waals surface area (Å²) in [5, 5.41) is 5.87. The van der Waals surface area contributed by atoms with Crippen molar-refractivity contribution in [3.63, 3.8) is 0 Å². The predicted molar refractivity (Wildman–Crippen MR) is 102 cm³/mol. The maximum absolute atomic E-state index is 12.1. The number of nitrogens with one attached hydrogen (secondary N) is 1. The largest absolute Gasteiger partial charge is 0.351 e. The number of rotatable bonds is 6. The van der Waals surface area contributed by atoms with Crippen molar-refractivity contribution >= 4 is 44.9 Å². The van der Waals surface area contributed by atoms with Gasteiger partial charge in [0.1, 0.15) is 5.01 Å². The van der Waals surface area contributed by atoms with Gasteiger partial charge in [0, 0.05) is 17.5 Å². The number of fused-ring (bicyclic) bond motifs is 1. The number of nitrogens with zero attached hydrogens (tertiary/aromatic N) is 2. The van der Waals surface area contributed by atoms with E-state index in [1.54, 1.807) is 34.8 Å². The molecule has 0 bridgehead atoms. The minimum Gasteiger partial charge on any atom is -0.351 e. The first kappa shape index (κ1) is 16.8. The van der Waals surface area contributed by atoms with E-state index in [1.807, 2.05) is 44.4 Å². The molecule has 0 unspecified atom stereocenters. The average molecular weight is 358 g/mol. The number of hydrogen-bond acceptors (Lipinski definition) is 5. The van der Waals surface area contributed by atoms with Crippen molar-refractivity contribution in [2.45, 2.75) is 6.04 Å². The van der Waals surface area contributed by atoms with Crippen LogP contribution >= 0.6 is 22.7 Å². The summed E-state index contributed by atoms with van der Waals surface area (Å²) in [5.41, 5.74) is 0.966. The van der Waals surface area contributed by atoms with Gasteiger partial charge < -0.3 is 10.2 Å². The van der Waals surface area contributed by atoms with E-state index in [-0.39, 0.29) is 11.9 Å². The third-order valence-corrected chi connectivity index (χ3v) is 5.63. The van der Waals surface area contributed by atoms with Gasteiger partial charge in [-0.3, -0.25) is 4.79 Å². The zero-order valence-corrected chi connectivity index (χ0v) is 15.2. The van der Waals surface area contributed by atoms with Gasteiger partial charge in [0.05, 0.1) is 16.3 Å². The molecule has 0 saturated heterocycles. The first-order chi connectivity index (χ1) is 11.6. The number of thiophene rings is 1. The number of benzene rings is 1. The van der Waals surface area contributed by atoms with Crippen molar-refractivity contribution < 1.29 is 4.79 Å². The summed E-state index contributed by atoms with van der Waals surface area (Å²) in [7, 11) is 4.04. The molecular weight excluding hydrogens is 338 g/mol. The fraction of sp³-hybridized carbons (Fsp3) is 0.222. The van der Waals surface area contributed by atoms with E-state index in [0.29, 0.717) is 6.54 Å². The highest BCUT2D eigenvalue weighted by molar-refractivity contribution is 7.19. The summed E-state index contributed by atoms with van der Waals surface area (Å²) in [6, 6.07) is 12.3. The molecule has 6 heteroatoms. The van der Waals surface area contributed by atoms with Gasteiger partial charge in [0.25, 0.3) is 0 Å². The summed E-state index contributed by atoms with van der Waals surface area (Å²) in [6.45, 7) is 0.580. The van der Waals surface area contributed by atoms with E-state index in [0.717, 1.165) is 15.2 Å². The van der Waals surface area contributed by atoms with Gasteiger partial charge >= 0.3 is 0 Å². The molecule has 0 aliphatic heterocycles. The molecule has 4 nitrogen and oxygen atoms in total. The number of para-hydroxylation sites is 1. The predicted octanol–water partition coefficient (Wildman–Crippen LogP) is 3.79. The molecule has 2 aromatic heterocycles. The number of aromatic nitrogens is 1. The molecular formula is C18H19N3OS2. The van der Waals surface area contributed by atoms with Crippen LogP contribution in [0, 0.1) is 0 Å². The van der Waals surface area contributed by atoms with Gasteiger partial charge in [-0.2, -0.15) is 0 Å². The maximum atomic E-state index is 12.1. The number of likely N-dealkylation sites (N-methyl/N-ethyl adjacent to an activating group) is 1. The van der Waals surface area contributed by atoms with Crippen LogP contribution in [0.4, 0.5) is 0 Å². The summed E-state index contributed by atoms with van der Waals surface area (Å²) in [5.74, 6) is -0.0994. The second-order valence-electron chi connectivity index (χ2n) is 5.59. The zero-order valence-electron chi connectivity index (χ0n) is 13.6. The molecule has 3 aromatic rings. The monoisotopic (exact) mass is 357 g/mol. The summed E-state index contributed by atoms with van der Waals surface area (Å²) >= 11 is 3.29. The van der Waals surface area contributed by atoms with Crippen LogP contribution in [0.2, 0.25) is 0 Å². The molecule has 3 rings (SSSR count). The molecule has 0 saturated carbocycles. The second kappa shape index (κ2) is 7.70. The van der Waals surface area contributed by atoms with Crippen molar-refractivity contribution in [2.75, 3.05) is 20.6 Å². The Morgan fingerprint density at radius 1 is 1.29 bits per heavy atom. The van der Waals surface area contributed by atoms with Gasteiger partial charge in [-0.05, 0) is 43.8 Å². The third-order valence-electron chi connectivity index (χ3n) is 3.65. The molecule has 1 amide bonds. The Balaban J connectivity index is 1.60. The van der Waals surface area contributed by atoms with Gasteiger partial charge in [0.15, 0.2) is 0 Å². The molecule has 24 heavy (non-hydrogen) atoms. The SMILES string of the molecule is CN(C)[C@H](CNC(=O)/C=C/c1nc2ccccc2s1)c1cccs1. The van der Waals surface area contributed by atoms with Crippen LogP contribution < -0.4 is 5.32 Å². The van der Waals surface area contributed by atoms with Gasteiger partial charge in [-0.15, -0.1) is 22.7 Å². The maximum Gasteiger partial charge on any atom is 0.244 e. The molecule has 124 valence electrons. The topological polar surface area (TPSA) is 45.2 Å². The number of carbonyl (C=O) groups is 1. The van der Waals surface area contributed by atoms with Gasteiger partial charge in [-0.1, -0.05) is 18.2 Å². The normalized spacial score (nSPS) is 13.0. The highest BCUT2D eigenvalue weighted by Gasteiger charge is 2.15. The standard InChI is InChI=1S/C18H19N3OS2/c1-21(2)14(16-8-5-11-23-16)12-19-17(22)9-10-18-20-13-6-3-4-7-15(13)24-18/h3-11,14H,12H2,1-2H3,(H,19,22)/b10-9+/t14-/m1/s1. The van der Waals surface area contributed by atoms with Crippen molar-refractivity contribution in [3.05, 3.63) is 57.7 Å². The number of carbonyl (C=O) groups excluding carboxylic acids is 1. The lowest BCUT2D eigenvalue weighted by molar-refractivity contribution is -0.116. The van der Waals surface area contributed by atoms with Crippen LogP contribution in [-0.4, -0.2) is 36.4 Å². The highest BCUT2D eigenvalue weighted by Crippen LogP contribution is 2.23. The van der Waals surface area contributed by atoms with Crippen LogP contribution in [0.15, 0.2) is 47.9 Å². The molecule has 0 spiro atoms. The Bertz CT molecular complexity index is 804. The lowest BCUT2D eigenvalue weighted by Crippen LogP contribution is -2.33. The fourth-order valence-electron chi connectivity index (χ4n) is 2.38. The lowest BCUT2D eigenvalue weighted by atomic mass is 10.2. The molecule has 0 aliphatic carbocycles. The highest BCUT2D eigenvalue weighted by atomic mass is 32.1. The fourth-order valence-corrected chi connectivity index (χ4v) is 4.18. The van der Waals surface area contributed by atoms with Crippen molar-refractivity contribution in [1.29, 1.82) is 0 Å². The molecule has 0 radical (unpaired) electrons. The molecule has 1 atom stereocenters. The summed E-state index contributed by atoms with van der Waals surface area (Å²) in [4.78, 5) is 19.9. The quantitative estimate of drug-likeness (QED) is 0.683. The minimum absolute atomic E-state index is 0.0994. The van der Waals surface area contributed by atoms with Crippen LogP contribution in [-0.2, 0) is 4.79 Å². The molecule has 0 fully saturated rings. The Morgan fingerprint density at radius 2 is 2.12 bits per heavy atom. The zero-order chi connectivity index (χ0) is 16.9. The van der Waals surface area contributed by atoms with E-state index < -0.39 is 0 Å². The molecule has 0 aliphatic rings. The number of hydrogen-bond donors (Lipinski definition) is 1. The second-order valence-corrected chi connectivity index (χ2v) is 7.63. The Labute approximate surface area is 149 Å². The first-order valence-electron chi connectivity index (χ1n) is 7.65. The third kappa shape index (κ3) is 4.08. The van der Waals surface area contributed by atoms with E-state index in [2.05, 4.69) is 26.6 Å².